The number of rotatable bonds is 12. The van der Waals surface area contributed by atoms with Crippen molar-refractivity contribution in [1.29, 1.82) is 5.26 Å². The minimum absolute atomic E-state index is 0.0306. The Balaban J connectivity index is 0.000000305. The molecule has 0 aromatic carbocycles. The largest absolute Gasteiger partial charge is 0.391 e. The standard InChI is InChI=1S/C17H31N3O3.C15H18N4S2.CHN/c1-5-14-9-13(7-8-20(14)12-21)18-23-15-10-16(17(3,4)22)19(6-2)11-15;1-10-5-6-14(17-7-10)18-9-20-8-13(16-4)15-11(2)19-12(3)21-15;1-2/h12,14-16,22H,5-11H2,1-4H3;5-8H,4,9H2,1-3H3,(H,17,18);1H/b18-13+;13-8-;/t14-,15?,16?;;/m0../s1. The zero-order valence-electron chi connectivity index (χ0n) is 28.3. The maximum absolute atomic E-state index is 11.0. The number of aliphatic hydroxyl groups is 1. The zero-order chi connectivity index (χ0) is 34.3. The van der Waals surface area contributed by atoms with Crippen molar-refractivity contribution in [2.45, 2.75) is 97.9 Å². The van der Waals surface area contributed by atoms with E-state index in [2.05, 4.69) is 57.5 Å². The van der Waals surface area contributed by atoms with Gasteiger partial charge in [-0.3, -0.25) is 14.7 Å². The van der Waals surface area contributed by atoms with Gasteiger partial charge in [0.05, 0.1) is 38.5 Å². The lowest BCUT2D eigenvalue weighted by atomic mass is 9.96. The summed E-state index contributed by atoms with van der Waals surface area (Å²) < 4.78 is 0. The summed E-state index contributed by atoms with van der Waals surface area (Å²) in [6, 6.07) is 4.36. The highest BCUT2D eigenvalue weighted by Crippen LogP contribution is 2.30. The van der Waals surface area contributed by atoms with Crippen LogP contribution < -0.4 is 5.32 Å². The van der Waals surface area contributed by atoms with Crippen LogP contribution >= 0.6 is 23.1 Å². The molecule has 0 radical (unpaired) electrons. The van der Waals surface area contributed by atoms with Crippen molar-refractivity contribution in [3.05, 3.63) is 44.9 Å². The molecule has 2 aliphatic rings. The van der Waals surface area contributed by atoms with Crippen molar-refractivity contribution in [2.24, 2.45) is 10.1 Å². The number of likely N-dealkylation sites (tertiary alicyclic amines) is 2. The van der Waals surface area contributed by atoms with Gasteiger partial charge in [-0.1, -0.05) is 25.1 Å². The van der Waals surface area contributed by atoms with Crippen LogP contribution in [-0.4, -0.2) is 93.0 Å². The number of oxime groups is 1. The van der Waals surface area contributed by atoms with Gasteiger partial charge in [0.2, 0.25) is 6.41 Å². The third-order valence-corrected chi connectivity index (χ3v) is 9.67. The lowest BCUT2D eigenvalue weighted by Crippen LogP contribution is -2.45. The molecule has 2 aromatic heterocycles. The van der Waals surface area contributed by atoms with E-state index < -0.39 is 5.60 Å². The molecule has 13 heteroatoms. The first-order chi connectivity index (χ1) is 22.0. The Morgan fingerprint density at radius 3 is 2.59 bits per heavy atom. The minimum atomic E-state index is -0.732. The van der Waals surface area contributed by atoms with Crippen LogP contribution in [0.2, 0.25) is 0 Å². The minimum Gasteiger partial charge on any atom is -0.391 e. The Morgan fingerprint density at radius 1 is 1.33 bits per heavy atom. The van der Waals surface area contributed by atoms with Gasteiger partial charge in [-0.05, 0) is 71.3 Å². The average Bonchev–Trinajstić information content (AvgIpc) is 3.64. The Kier molecular flexibility index (Phi) is 16.4. The van der Waals surface area contributed by atoms with Crippen LogP contribution in [0.3, 0.4) is 0 Å². The number of anilines is 1. The summed E-state index contributed by atoms with van der Waals surface area (Å²) in [5.41, 5.74) is 3.35. The number of hydrogen-bond acceptors (Lipinski definition) is 12. The van der Waals surface area contributed by atoms with E-state index in [0.29, 0.717) is 0 Å². The van der Waals surface area contributed by atoms with E-state index in [1.165, 1.54) is 0 Å². The van der Waals surface area contributed by atoms with Crippen molar-refractivity contribution in [2.75, 3.05) is 30.8 Å². The van der Waals surface area contributed by atoms with Gasteiger partial charge in [-0.15, -0.1) is 23.1 Å². The molecule has 0 bridgehead atoms. The second-order valence-corrected chi connectivity index (χ2v) is 13.8. The SMILES string of the molecule is C#N.C=N/C(=C\SCNc1ccc(C)cn1)c1sc(C)nc1C.CC[C@H]1C/C(=N/OC2CC(C(C)(C)O)N(CC)C2)CCN1C=O. The Labute approximate surface area is 282 Å². The van der Waals surface area contributed by atoms with Gasteiger partial charge < -0.3 is 20.2 Å². The van der Waals surface area contributed by atoms with Crippen molar-refractivity contribution in [3.8, 4) is 6.57 Å². The molecule has 4 rings (SSSR count). The van der Waals surface area contributed by atoms with Gasteiger partial charge >= 0.3 is 0 Å². The van der Waals surface area contributed by atoms with Crippen LogP contribution in [0.4, 0.5) is 5.82 Å². The summed E-state index contributed by atoms with van der Waals surface area (Å²) in [6.45, 7) is 23.5. The molecule has 11 nitrogen and oxygen atoms in total. The van der Waals surface area contributed by atoms with Crippen molar-refractivity contribution in [3.63, 3.8) is 0 Å². The number of nitrogens with zero attached hydrogens (tertiary/aromatic N) is 7. The van der Waals surface area contributed by atoms with E-state index in [-0.39, 0.29) is 18.2 Å². The van der Waals surface area contributed by atoms with E-state index in [1.807, 2.05) is 63.3 Å². The fourth-order valence-electron chi connectivity index (χ4n) is 5.44. The first-order valence-electron chi connectivity index (χ1n) is 15.5. The van der Waals surface area contributed by atoms with Gasteiger partial charge in [0.1, 0.15) is 11.9 Å². The predicted octanol–water partition coefficient (Wildman–Crippen LogP) is 6.03. The summed E-state index contributed by atoms with van der Waals surface area (Å²) >= 11 is 3.27. The molecule has 0 saturated carbocycles. The topological polar surface area (TPSA) is 139 Å². The number of thioether (sulfide) groups is 1. The number of hydrogen-bond donors (Lipinski definition) is 2. The number of carbonyl (C=O) groups is 1. The van der Waals surface area contributed by atoms with Crippen LogP contribution in [0.15, 0.2) is 33.9 Å². The smallest absolute Gasteiger partial charge is 0.209 e. The number of amides is 1. The van der Waals surface area contributed by atoms with Crippen LogP contribution in [0.5, 0.6) is 0 Å². The lowest BCUT2D eigenvalue weighted by Gasteiger charge is -2.32. The third-order valence-electron chi connectivity index (χ3n) is 7.87. The number of aryl methyl sites for hydroxylation is 3. The maximum Gasteiger partial charge on any atom is 0.209 e. The molecule has 2 unspecified atom stereocenters. The van der Waals surface area contributed by atoms with Crippen LogP contribution in [-0.2, 0) is 9.63 Å². The Bertz CT molecular complexity index is 1320. The molecule has 2 aliphatic heterocycles. The quantitative estimate of drug-likeness (QED) is 0.0911. The fourth-order valence-corrected chi connectivity index (χ4v) is 7.08. The molecule has 1 amide bonds. The highest BCUT2D eigenvalue weighted by atomic mass is 32.2. The van der Waals surface area contributed by atoms with Crippen LogP contribution in [0.1, 0.15) is 74.5 Å². The first-order valence-corrected chi connectivity index (χ1v) is 17.4. The molecule has 0 aliphatic carbocycles. The number of thiazole rings is 1. The number of likely N-dealkylation sites (N-methyl/N-ethyl adjacent to an activating group) is 1. The van der Waals surface area contributed by atoms with Crippen LogP contribution in [0.25, 0.3) is 5.70 Å². The first kappa shape index (κ1) is 38.9. The molecule has 3 atom stereocenters. The predicted molar refractivity (Wildman–Crippen MR) is 191 cm³/mol. The molecule has 2 saturated heterocycles. The van der Waals surface area contributed by atoms with E-state index in [9.17, 15) is 9.90 Å². The lowest BCUT2D eigenvalue weighted by molar-refractivity contribution is -0.120. The molecule has 2 aromatic rings. The molecule has 2 N–H and O–H groups in total. The molecular weight excluding hydrogens is 621 g/mol. The summed E-state index contributed by atoms with van der Waals surface area (Å²) in [5, 5.41) is 27.5. The summed E-state index contributed by atoms with van der Waals surface area (Å²) in [6.07, 6.45) is 6.14. The maximum atomic E-state index is 11.0. The molecule has 2 fully saturated rings. The summed E-state index contributed by atoms with van der Waals surface area (Å²) in [5.74, 6) is 1.60. The average molecular weight is 671 g/mol. The highest BCUT2D eigenvalue weighted by Gasteiger charge is 2.41. The number of piperidine rings is 1. The van der Waals surface area contributed by atoms with E-state index in [4.69, 9.17) is 10.1 Å². The summed E-state index contributed by atoms with van der Waals surface area (Å²) in [7, 11) is 0. The number of nitrogens with one attached hydrogen (secondary N) is 1. The van der Waals surface area contributed by atoms with Gasteiger partial charge in [-0.2, -0.15) is 0 Å². The normalized spacial score (nSPS) is 21.1. The Morgan fingerprint density at radius 2 is 2.07 bits per heavy atom. The summed E-state index contributed by atoms with van der Waals surface area (Å²) in [4.78, 5) is 34.8. The molecule has 4 heterocycles. The van der Waals surface area contributed by atoms with Crippen molar-refractivity contribution < 1.29 is 14.7 Å². The van der Waals surface area contributed by atoms with Gasteiger partial charge in [-0.25, -0.2) is 15.2 Å². The Hall–Kier alpha value is -3.31. The molecule has 46 heavy (non-hydrogen) atoms. The van der Waals surface area contributed by atoms with E-state index in [0.717, 1.165) is 96.0 Å². The number of nitriles is 1. The fraction of sp³-hybridized carbons (Fsp3) is 0.576. The second kappa shape index (κ2) is 19.4. The van der Waals surface area contributed by atoms with Crippen molar-refractivity contribution >= 4 is 53.5 Å². The van der Waals surface area contributed by atoms with Gasteiger partial charge in [0.25, 0.3) is 0 Å². The van der Waals surface area contributed by atoms with Crippen molar-refractivity contribution in [1.82, 2.24) is 19.8 Å². The van der Waals surface area contributed by atoms with E-state index in [1.54, 1.807) is 23.1 Å². The van der Waals surface area contributed by atoms with Crippen LogP contribution in [0, 0.1) is 32.6 Å². The highest BCUT2D eigenvalue weighted by molar-refractivity contribution is 8.02. The molecule has 252 valence electrons. The molecular formula is C33H50N8O3S2. The number of pyridine rings is 1. The van der Waals surface area contributed by atoms with Gasteiger partial charge in [0, 0.05) is 57.2 Å². The third kappa shape index (κ3) is 11.8. The molecule has 0 spiro atoms. The zero-order valence-corrected chi connectivity index (χ0v) is 29.9. The van der Waals surface area contributed by atoms with Gasteiger partial charge in [0.15, 0.2) is 0 Å². The number of aromatic nitrogens is 2. The number of aliphatic imine (C=N–C) groups is 1. The second-order valence-electron chi connectivity index (χ2n) is 11.8. The number of carbonyl (C=O) groups excluding carboxylic acids is 1. The monoisotopic (exact) mass is 670 g/mol. The van der Waals surface area contributed by atoms with E-state index >= 15 is 0 Å².